The number of piperidine rings is 1. The number of amides is 1. The van der Waals surface area contributed by atoms with Crippen molar-refractivity contribution in [2.45, 2.75) is 43.7 Å². The Kier molecular flexibility index (Phi) is 6.86. The molecule has 1 aliphatic carbocycles. The number of ether oxygens (including phenoxy) is 1. The lowest BCUT2D eigenvalue weighted by Gasteiger charge is -2.44. The molecule has 1 amide bonds. The van der Waals surface area contributed by atoms with Crippen molar-refractivity contribution in [3.05, 3.63) is 59.5 Å². The van der Waals surface area contributed by atoms with Crippen LogP contribution in [0.25, 0.3) is 0 Å². The fourth-order valence-electron chi connectivity index (χ4n) is 5.23. The quantitative estimate of drug-likeness (QED) is 0.637. The summed E-state index contributed by atoms with van der Waals surface area (Å²) in [6, 6.07) is 11.8. The van der Waals surface area contributed by atoms with Gasteiger partial charge in [0, 0.05) is 12.0 Å². The number of benzene rings is 1. The van der Waals surface area contributed by atoms with Crippen molar-refractivity contribution >= 4 is 17.7 Å². The van der Waals surface area contributed by atoms with Gasteiger partial charge in [0.15, 0.2) is 5.76 Å². The van der Waals surface area contributed by atoms with Crippen LogP contribution >= 0.6 is 11.8 Å². The second-order valence-corrected chi connectivity index (χ2v) is 9.22. The van der Waals surface area contributed by atoms with Crippen LogP contribution in [-0.4, -0.2) is 55.2 Å². The number of carbonyl (C=O) groups excluding carboxylic acids is 1. The van der Waals surface area contributed by atoms with Crippen molar-refractivity contribution in [1.82, 2.24) is 10.2 Å². The van der Waals surface area contributed by atoms with Crippen LogP contribution in [0, 0.1) is 0 Å². The van der Waals surface area contributed by atoms with Gasteiger partial charge in [-0.1, -0.05) is 24.3 Å². The molecule has 1 aromatic heterocycles. The van der Waals surface area contributed by atoms with Crippen LogP contribution in [0.4, 0.5) is 0 Å². The Morgan fingerprint density at radius 3 is 2.77 bits per heavy atom. The molecule has 1 N–H and O–H groups in total. The first-order chi connectivity index (χ1) is 14.7. The number of fused-ring (bicyclic) bond motifs is 2. The monoisotopic (exact) mass is 428 g/mol. The number of thioether (sulfide) groups is 1. The molecule has 1 spiro atoms. The van der Waals surface area contributed by atoms with Crippen LogP contribution in [0.2, 0.25) is 0 Å². The maximum Gasteiger partial charge on any atom is 0.287 e. The first-order valence-electron chi connectivity index (χ1n) is 11.0. The molecule has 162 valence electrons. The zero-order valence-electron chi connectivity index (χ0n) is 17.9. The van der Waals surface area contributed by atoms with E-state index in [4.69, 9.17) is 9.15 Å². The van der Waals surface area contributed by atoms with E-state index in [1.165, 1.54) is 29.6 Å². The molecule has 2 aromatic rings. The Morgan fingerprint density at radius 2 is 2.07 bits per heavy atom. The summed E-state index contributed by atoms with van der Waals surface area (Å²) >= 11 is 1.92. The number of hydrogen-bond acceptors (Lipinski definition) is 5. The lowest BCUT2D eigenvalue weighted by Crippen LogP contribution is -2.51. The average Bonchev–Trinajstić information content (AvgIpc) is 3.39. The molecular formula is C24H32N2O3S. The first kappa shape index (κ1) is 21.5. The number of carbonyl (C=O) groups is 1. The number of furan rings is 1. The molecule has 2 aliphatic rings. The van der Waals surface area contributed by atoms with Gasteiger partial charge in [-0.15, -0.1) is 0 Å². The second kappa shape index (κ2) is 9.58. The summed E-state index contributed by atoms with van der Waals surface area (Å²) in [4.78, 5) is 15.4. The first-order valence-corrected chi connectivity index (χ1v) is 12.4. The second-order valence-electron chi connectivity index (χ2n) is 8.24. The molecule has 1 saturated heterocycles. The highest BCUT2D eigenvalue weighted by atomic mass is 32.2. The number of nitrogens with zero attached hydrogens (tertiary/aromatic N) is 1. The molecule has 5 nitrogen and oxygen atoms in total. The van der Waals surface area contributed by atoms with Crippen LogP contribution in [-0.2, 0) is 10.2 Å². The van der Waals surface area contributed by atoms with E-state index >= 15 is 0 Å². The molecule has 0 bridgehead atoms. The Labute approximate surface area is 183 Å². The van der Waals surface area contributed by atoms with E-state index in [-0.39, 0.29) is 23.5 Å². The Balaban J connectivity index is 1.58. The highest BCUT2D eigenvalue weighted by molar-refractivity contribution is 7.98. The molecule has 0 saturated carbocycles. The van der Waals surface area contributed by atoms with Crippen molar-refractivity contribution in [1.29, 1.82) is 0 Å². The van der Waals surface area contributed by atoms with Crippen LogP contribution < -0.4 is 5.32 Å². The highest BCUT2D eigenvalue weighted by Gasteiger charge is 2.54. The highest BCUT2D eigenvalue weighted by Crippen LogP contribution is 2.52. The van der Waals surface area contributed by atoms with Gasteiger partial charge in [0.1, 0.15) is 0 Å². The van der Waals surface area contributed by atoms with E-state index < -0.39 is 0 Å². The van der Waals surface area contributed by atoms with E-state index in [9.17, 15) is 4.79 Å². The molecule has 4 rings (SSSR count). The van der Waals surface area contributed by atoms with Gasteiger partial charge in [0.05, 0.1) is 18.4 Å². The minimum Gasteiger partial charge on any atom is -0.459 e. The molecule has 1 aromatic carbocycles. The van der Waals surface area contributed by atoms with Crippen LogP contribution in [0.1, 0.15) is 53.9 Å². The predicted octanol–water partition coefficient (Wildman–Crippen LogP) is 4.26. The van der Waals surface area contributed by atoms with Crippen molar-refractivity contribution < 1.29 is 13.9 Å². The summed E-state index contributed by atoms with van der Waals surface area (Å²) in [5.74, 6) is 1.37. The SMILES string of the molecule is CCO[C@H]1[C@H](NC(=O)c2ccco2)c2ccccc2C12CCN(CCCSC)CC2. The van der Waals surface area contributed by atoms with Gasteiger partial charge in [0.2, 0.25) is 0 Å². The maximum absolute atomic E-state index is 12.8. The fraction of sp³-hybridized carbons (Fsp3) is 0.542. The molecule has 2 heterocycles. The zero-order valence-corrected chi connectivity index (χ0v) is 18.7. The number of hydrogen-bond donors (Lipinski definition) is 1. The summed E-state index contributed by atoms with van der Waals surface area (Å²) < 4.78 is 11.7. The predicted molar refractivity (Wildman–Crippen MR) is 121 cm³/mol. The molecule has 6 heteroatoms. The molecule has 30 heavy (non-hydrogen) atoms. The van der Waals surface area contributed by atoms with Crippen LogP contribution in [0.3, 0.4) is 0 Å². The molecule has 2 atom stereocenters. The van der Waals surface area contributed by atoms with Crippen LogP contribution in [0.5, 0.6) is 0 Å². The lowest BCUT2D eigenvalue weighted by atomic mass is 9.72. The average molecular weight is 429 g/mol. The number of nitrogens with one attached hydrogen (secondary N) is 1. The van der Waals surface area contributed by atoms with Crippen molar-refractivity contribution in [3.8, 4) is 0 Å². The summed E-state index contributed by atoms with van der Waals surface area (Å²) in [5.41, 5.74) is 2.48. The summed E-state index contributed by atoms with van der Waals surface area (Å²) in [6.07, 6.45) is 6.99. The lowest BCUT2D eigenvalue weighted by molar-refractivity contribution is -0.0327. The van der Waals surface area contributed by atoms with E-state index in [1.54, 1.807) is 12.1 Å². The van der Waals surface area contributed by atoms with E-state index in [0.29, 0.717) is 12.4 Å². The largest absolute Gasteiger partial charge is 0.459 e. The minimum atomic E-state index is -0.184. The van der Waals surface area contributed by atoms with Gasteiger partial charge in [-0.2, -0.15) is 11.8 Å². The molecule has 0 unspecified atom stereocenters. The van der Waals surface area contributed by atoms with E-state index in [2.05, 4.69) is 40.7 Å². The van der Waals surface area contributed by atoms with Crippen molar-refractivity contribution in [2.75, 3.05) is 38.2 Å². The zero-order chi connectivity index (χ0) is 21.0. The third-order valence-corrected chi connectivity index (χ3v) is 7.33. The Hall–Kier alpha value is -1.76. The van der Waals surface area contributed by atoms with Gasteiger partial charge in [0.25, 0.3) is 5.91 Å². The van der Waals surface area contributed by atoms with Gasteiger partial charge in [-0.25, -0.2) is 0 Å². The van der Waals surface area contributed by atoms with E-state index in [1.807, 2.05) is 18.7 Å². The molecule has 1 fully saturated rings. The summed E-state index contributed by atoms with van der Waals surface area (Å²) in [7, 11) is 0. The summed E-state index contributed by atoms with van der Waals surface area (Å²) in [5, 5.41) is 3.22. The van der Waals surface area contributed by atoms with Gasteiger partial charge >= 0.3 is 0 Å². The number of rotatable bonds is 8. The normalized spacial score (nSPS) is 22.9. The van der Waals surface area contributed by atoms with E-state index in [0.717, 1.165) is 32.5 Å². The van der Waals surface area contributed by atoms with Crippen LogP contribution in [0.15, 0.2) is 47.1 Å². The maximum atomic E-state index is 12.8. The molecule has 1 aliphatic heterocycles. The van der Waals surface area contributed by atoms with Crippen molar-refractivity contribution in [3.63, 3.8) is 0 Å². The molecular weight excluding hydrogens is 396 g/mol. The number of likely N-dealkylation sites (tertiary alicyclic amines) is 1. The standard InChI is InChI=1S/C24H32N2O3S/c1-3-28-22-21(25-23(27)20-10-6-16-29-20)18-8-4-5-9-19(18)24(22)11-14-26(15-12-24)13-7-17-30-2/h4-6,8-10,16,21-22H,3,7,11-15,17H2,1-2H3,(H,25,27)/t21-,22+/m1/s1. The third-order valence-electron chi connectivity index (χ3n) is 6.63. The minimum absolute atomic E-state index is 0.0519. The third kappa shape index (κ3) is 4.05. The van der Waals surface area contributed by atoms with Gasteiger partial charge in [-0.3, -0.25) is 4.79 Å². The molecule has 0 radical (unpaired) electrons. The topological polar surface area (TPSA) is 54.7 Å². The Morgan fingerprint density at radius 1 is 1.27 bits per heavy atom. The summed E-state index contributed by atoms with van der Waals surface area (Å²) in [6.45, 7) is 5.98. The fourth-order valence-corrected chi connectivity index (χ4v) is 5.65. The van der Waals surface area contributed by atoms with Gasteiger partial charge < -0.3 is 19.4 Å². The Bertz CT molecular complexity index is 831. The van der Waals surface area contributed by atoms with Crippen molar-refractivity contribution in [2.24, 2.45) is 0 Å². The smallest absolute Gasteiger partial charge is 0.287 e. The van der Waals surface area contributed by atoms with Gasteiger partial charge in [-0.05, 0) is 81.1 Å².